The van der Waals surface area contributed by atoms with Gasteiger partial charge in [0.05, 0.1) is 7.11 Å². The molecule has 2 fully saturated rings. The summed E-state index contributed by atoms with van der Waals surface area (Å²) in [6.45, 7) is 5.40. The van der Waals surface area contributed by atoms with Crippen LogP contribution in [0.3, 0.4) is 0 Å². The molecule has 2 aliphatic rings. The summed E-state index contributed by atoms with van der Waals surface area (Å²) in [4.78, 5) is 12.2. The third-order valence-corrected chi connectivity index (χ3v) is 4.56. The first-order valence-electron chi connectivity index (χ1n) is 6.92. The Hall–Kier alpha value is -0.570. The first kappa shape index (κ1) is 12.9. The van der Waals surface area contributed by atoms with E-state index >= 15 is 0 Å². The van der Waals surface area contributed by atoms with Crippen LogP contribution in [0.5, 0.6) is 0 Å². The highest BCUT2D eigenvalue weighted by Gasteiger charge is 2.48. The molecule has 0 radical (unpaired) electrons. The number of methoxy groups -OCH3 is 1. The van der Waals surface area contributed by atoms with Crippen LogP contribution in [0.2, 0.25) is 0 Å². The highest BCUT2D eigenvalue weighted by atomic mass is 16.5. The van der Waals surface area contributed by atoms with Crippen molar-refractivity contribution in [2.75, 3.05) is 13.7 Å². The van der Waals surface area contributed by atoms with Gasteiger partial charge in [-0.25, -0.2) is 0 Å². The molecule has 0 amide bonds. The van der Waals surface area contributed by atoms with E-state index in [0.717, 1.165) is 25.3 Å². The first-order chi connectivity index (χ1) is 8.08. The van der Waals surface area contributed by atoms with Gasteiger partial charge in [-0.1, -0.05) is 20.3 Å². The summed E-state index contributed by atoms with van der Waals surface area (Å²) < 4.78 is 5.06. The quantitative estimate of drug-likeness (QED) is 0.765. The van der Waals surface area contributed by atoms with Gasteiger partial charge >= 0.3 is 5.97 Å². The largest absolute Gasteiger partial charge is 0.468 e. The van der Waals surface area contributed by atoms with Gasteiger partial charge in [0.1, 0.15) is 5.54 Å². The fraction of sp³-hybridized carbons (Fsp3) is 0.929. The number of hydrogen-bond donors (Lipinski definition) is 1. The second-order valence-corrected chi connectivity index (χ2v) is 6.07. The molecule has 3 nitrogen and oxygen atoms in total. The zero-order valence-electron chi connectivity index (χ0n) is 11.3. The summed E-state index contributed by atoms with van der Waals surface area (Å²) in [7, 11) is 1.51. The molecule has 3 atom stereocenters. The lowest BCUT2D eigenvalue weighted by atomic mass is 9.69. The Balaban J connectivity index is 2.10. The molecule has 2 aliphatic carbocycles. The van der Waals surface area contributed by atoms with Gasteiger partial charge in [0.25, 0.3) is 0 Å². The Morgan fingerprint density at radius 3 is 2.59 bits per heavy atom. The molecule has 3 unspecified atom stereocenters. The molecular formula is C14H25NO2. The Labute approximate surface area is 104 Å². The minimum atomic E-state index is -0.422. The number of rotatable bonds is 4. The van der Waals surface area contributed by atoms with Gasteiger partial charge in [-0.2, -0.15) is 0 Å². The van der Waals surface area contributed by atoms with E-state index in [1.807, 2.05) is 0 Å². The van der Waals surface area contributed by atoms with Crippen LogP contribution < -0.4 is 5.32 Å². The van der Waals surface area contributed by atoms with Crippen LogP contribution in [0.15, 0.2) is 0 Å². The average molecular weight is 239 g/mol. The second-order valence-electron chi connectivity index (χ2n) is 6.07. The Bertz CT molecular complexity index is 288. The number of nitrogens with one attached hydrogen (secondary N) is 1. The molecule has 2 saturated carbocycles. The summed E-state index contributed by atoms with van der Waals surface area (Å²) >= 11 is 0. The van der Waals surface area contributed by atoms with Crippen molar-refractivity contribution in [3.05, 3.63) is 0 Å². The molecule has 17 heavy (non-hydrogen) atoms. The number of carbonyl (C=O) groups is 1. The molecule has 0 aromatic heterocycles. The Morgan fingerprint density at radius 2 is 2.00 bits per heavy atom. The standard InChI is InChI=1S/C14H25NO2/c1-10-4-5-11(2)14(8-10,13(16)17-3)15-9-12-6-7-12/h10-12,15H,4-9H2,1-3H3. The fourth-order valence-electron chi connectivity index (χ4n) is 3.07. The summed E-state index contributed by atoms with van der Waals surface area (Å²) in [5.74, 6) is 1.72. The minimum Gasteiger partial charge on any atom is -0.468 e. The lowest BCUT2D eigenvalue weighted by Crippen LogP contribution is -2.60. The number of esters is 1. The van der Waals surface area contributed by atoms with Gasteiger partial charge in [-0.05, 0) is 50.0 Å². The van der Waals surface area contributed by atoms with Crippen molar-refractivity contribution in [1.82, 2.24) is 5.32 Å². The highest BCUT2D eigenvalue weighted by Crippen LogP contribution is 2.39. The van der Waals surface area contributed by atoms with E-state index in [0.29, 0.717) is 11.8 Å². The molecule has 0 spiro atoms. The molecule has 0 heterocycles. The number of ether oxygens (including phenoxy) is 1. The van der Waals surface area contributed by atoms with Crippen molar-refractivity contribution in [2.45, 2.75) is 51.5 Å². The highest BCUT2D eigenvalue weighted by molar-refractivity contribution is 5.81. The average Bonchev–Trinajstić information content (AvgIpc) is 3.13. The molecule has 0 aliphatic heterocycles. The predicted octanol–water partition coefficient (Wildman–Crippen LogP) is 2.35. The van der Waals surface area contributed by atoms with Crippen LogP contribution in [0.4, 0.5) is 0 Å². The maximum Gasteiger partial charge on any atom is 0.326 e. The van der Waals surface area contributed by atoms with E-state index in [2.05, 4.69) is 19.2 Å². The van der Waals surface area contributed by atoms with Gasteiger partial charge in [0.15, 0.2) is 0 Å². The molecule has 0 saturated heterocycles. The van der Waals surface area contributed by atoms with Gasteiger partial charge in [0.2, 0.25) is 0 Å². The van der Waals surface area contributed by atoms with Crippen molar-refractivity contribution in [3.63, 3.8) is 0 Å². The summed E-state index contributed by atoms with van der Waals surface area (Å²) in [6.07, 6.45) is 5.90. The van der Waals surface area contributed by atoms with Crippen molar-refractivity contribution in [2.24, 2.45) is 17.8 Å². The van der Waals surface area contributed by atoms with Crippen LogP contribution in [0.25, 0.3) is 0 Å². The summed E-state index contributed by atoms with van der Waals surface area (Å²) in [5, 5.41) is 3.55. The van der Waals surface area contributed by atoms with Crippen LogP contribution in [-0.2, 0) is 9.53 Å². The molecule has 98 valence electrons. The van der Waals surface area contributed by atoms with Crippen LogP contribution in [0.1, 0.15) is 46.0 Å². The van der Waals surface area contributed by atoms with Crippen LogP contribution >= 0.6 is 0 Å². The smallest absolute Gasteiger partial charge is 0.326 e. The van der Waals surface area contributed by atoms with E-state index in [9.17, 15) is 4.79 Å². The van der Waals surface area contributed by atoms with E-state index in [1.165, 1.54) is 26.4 Å². The zero-order chi connectivity index (χ0) is 12.5. The summed E-state index contributed by atoms with van der Waals surface area (Å²) in [5.41, 5.74) is -0.422. The van der Waals surface area contributed by atoms with Gasteiger partial charge < -0.3 is 10.1 Å². The molecule has 0 aromatic rings. The predicted molar refractivity (Wildman–Crippen MR) is 67.7 cm³/mol. The lowest BCUT2D eigenvalue weighted by Gasteiger charge is -2.43. The number of carbonyl (C=O) groups excluding carboxylic acids is 1. The Kier molecular flexibility index (Phi) is 3.76. The van der Waals surface area contributed by atoms with Crippen molar-refractivity contribution < 1.29 is 9.53 Å². The first-order valence-corrected chi connectivity index (χ1v) is 6.92. The zero-order valence-corrected chi connectivity index (χ0v) is 11.3. The maximum absolute atomic E-state index is 12.2. The SMILES string of the molecule is COC(=O)C1(NCC2CC2)CC(C)CCC1C. The van der Waals surface area contributed by atoms with E-state index in [-0.39, 0.29) is 5.97 Å². The summed E-state index contributed by atoms with van der Waals surface area (Å²) in [6, 6.07) is 0. The maximum atomic E-state index is 12.2. The Morgan fingerprint density at radius 1 is 1.29 bits per heavy atom. The second kappa shape index (κ2) is 4.97. The van der Waals surface area contributed by atoms with Crippen LogP contribution in [-0.4, -0.2) is 25.2 Å². The van der Waals surface area contributed by atoms with E-state index in [1.54, 1.807) is 0 Å². The third-order valence-electron chi connectivity index (χ3n) is 4.56. The number of hydrogen-bond acceptors (Lipinski definition) is 3. The molecule has 0 aromatic carbocycles. The van der Waals surface area contributed by atoms with Crippen molar-refractivity contribution >= 4 is 5.97 Å². The molecule has 3 heteroatoms. The third kappa shape index (κ3) is 2.65. The molecule has 0 bridgehead atoms. The van der Waals surface area contributed by atoms with Gasteiger partial charge in [-0.15, -0.1) is 0 Å². The normalized spacial score (nSPS) is 37.8. The fourth-order valence-corrected chi connectivity index (χ4v) is 3.07. The van der Waals surface area contributed by atoms with Crippen molar-refractivity contribution in [1.29, 1.82) is 0 Å². The molecular weight excluding hydrogens is 214 g/mol. The van der Waals surface area contributed by atoms with Crippen molar-refractivity contribution in [3.8, 4) is 0 Å². The van der Waals surface area contributed by atoms with E-state index in [4.69, 9.17) is 4.74 Å². The van der Waals surface area contributed by atoms with E-state index < -0.39 is 5.54 Å². The van der Waals surface area contributed by atoms with Crippen LogP contribution in [0, 0.1) is 17.8 Å². The minimum absolute atomic E-state index is 0.0581. The monoisotopic (exact) mass is 239 g/mol. The lowest BCUT2D eigenvalue weighted by molar-refractivity contribution is -0.153. The van der Waals surface area contributed by atoms with Gasteiger partial charge in [-0.3, -0.25) is 4.79 Å². The molecule has 1 N–H and O–H groups in total. The molecule has 2 rings (SSSR count). The van der Waals surface area contributed by atoms with Gasteiger partial charge in [0, 0.05) is 0 Å². The topological polar surface area (TPSA) is 38.3 Å².